The Morgan fingerprint density at radius 3 is 0.817 bits per heavy atom. The normalized spacial score (nSPS) is 10.2. The molecule has 13 rings (SSSR count). The summed E-state index contributed by atoms with van der Waals surface area (Å²) in [7, 11) is 0. The number of fused-ring (bicyclic) bond motifs is 4. The molecule has 0 unspecified atom stereocenters. The number of aromatic amines is 4. The Labute approximate surface area is 554 Å². The van der Waals surface area contributed by atoms with Gasteiger partial charge in [0.05, 0.1) is 22.1 Å². The fraction of sp³-hybridized carbons (Fsp3) is 0.389. The standard InChI is InChI=1S/C14H16N6.3C12H11N5.C6H12.8C2H6/c1-3-15-14-16-11-7-5-4-6-10(11)13(18-14)17-12-8-9(2)19-20-12;3*1-8-6-11(17-16-8)15-12-9-4-2-3-5-10(9)13-7-14-12;1-2-4-6-5-3-1;8*1-2/h4-8H,3H2,1-2H3,(H3,15,16,17,18,19,20);3*2-7H,1H3,(H2,13,14,15,16,17);1-6H2;8*1-2H3. The van der Waals surface area contributed by atoms with Crippen LogP contribution in [0.15, 0.2) is 140 Å². The van der Waals surface area contributed by atoms with Crippen LogP contribution in [-0.4, -0.2) is 87.2 Å². The van der Waals surface area contributed by atoms with Crippen LogP contribution in [0, 0.1) is 27.7 Å². The maximum atomic E-state index is 4.51. The smallest absolute Gasteiger partial charge is 0.225 e. The van der Waals surface area contributed by atoms with Gasteiger partial charge in [0.25, 0.3) is 0 Å². The van der Waals surface area contributed by atoms with Gasteiger partial charge in [0.1, 0.15) is 42.3 Å². The van der Waals surface area contributed by atoms with Gasteiger partial charge in [-0.1, -0.05) is 198 Å². The number of hydrogen-bond donors (Lipinski definition) is 9. The van der Waals surface area contributed by atoms with Crippen molar-refractivity contribution in [3.05, 3.63) is 163 Å². The van der Waals surface area contributed by atoms with Crippen LogP contribution in [0.2, 0.25) is 0 Å². The first-order valence-electron chi connectivity index (χ1n) is 33.5. The average molecular weight is 1270 g/mol. The molecule has 21 heteroatoms. The van der Waals surface area contributed by atoms with Crippen molar-refractivity contribution in [1.82, 2.24) is 80.7 Å². The summed E-state index contributed by atoms with van der Waals surface area (Å²) in [5.74, 6) is 6.67. The van der Waals surface area contributed by atoms with Crippen LogP contribution in [0.4, 0.5) is 52.5 Å². The van der Waals surface area contributed by atoms with Crippen molar-refractivity contribution >= 4 is 96.1 Å². The van der Waals surface area contributed by atoms with E-state index in [9.17, 15) is 0 Å². The zero-order valence-corrected chi connectivity index (χ0v) is 59.6. The fourth-order valence-electron chi connectivity index (χ4n) is 8.20. The van der Waals surface area contributed by atoms with Crippen LogP contribution in [0.25, 0.3) is 43.6 Å². The average Bonchev–Trinajstić information content (AvgIpc) is 1.68. The van der Waals surface area contributed by atoms with Crippen molar-refractivity contribution in [1.29, 1.82) is 0 Å². The first kappa shape index (κ1) is 81.1. The van der Waals surface area contributed by atoms with E-state index in [1.165, 1.54) is 38.5 Å². The van der Waals surface area contributed by atoms with Gasteiger partial charge in [0.2, 0.25) is 5.95 Å². The van der Waals surface area contributed by atoms with Crippen LogP contribution in [0.5, 0.6) is 0 Å². The fourth-order valence-corrected chi connectivity index (χ4v) is 8.20. The highest BCUT2D eigenvalue weighted by Gasteiger charge is 2.10. The molecule has 502 valence electrons. The number of H-pyrrole nitrogens is 4. The predicted octanol–water partition coefficient (Wildman–Crippen LogP) is 20.6. The molecule has 0 spiro atoms. The lowest BCUT2D eigenvalue weighted by atomic mass is 10.0. The molecule has 9 N–H and O–H groups in total. The second-order valence-electron chi connectivity index (χ2n) is 18.0. The Morgan fingerprint density at radius 2 is 0.559 bits per heavy atom. The van der Waals surface area contributed by atoms with Gasteiger partial charge in [-0.15, -0.1) is 0 Å². The lowest BCUT2D eigenvalue weighted by Gasteiger charge is -2.09. The lowest BCUT2D eigenvalue weighted by molar-refractivity contribution is 0.504. The number of aromatic nitrogens is 16. The lowest BCUT2D eigenvalue weighted by Crippen LogP contribution is -2.05. The quantitative estimate of drug-likeness (QED) is 0.0615. The summed E-state index contributed by atoms with van der Waals surface area (Å²) >= 11 is 0. The molecule has 0 bridgehead atoms. The second kappa shape index (κ2) is 49.8. The summed E-state index contributed by atoms with van der Waals surface area (Å²) < 4.78 is 0. The third-order valence-corrected chi connectivity index (χ3v) is 11.9. The monoisotopic (exact) mass is 1270 g/mol. The van der Waals surface area contributed by atoms with Gasteiger partial charge in [-0.3, -0.25) is 20.4 Å². The van der Waals surface area contributed by atoms with Gasteiger partial charge in [-0.05, 0) is 83.1 Å². The molecule has 4 aromatic carbocycles. The molecule has 0 radical (unpaired) electrons. The molecule has 1 aliphatic rings. The van der Waals surface area contributed by atoms with Crippen LogP contribution < -0.4 is 26.6 Å². The number of benzene rings is 4. The van der Waals surface area contributed by atoms with Crippen molar-refractivity contribution < 1.29 is 0 Å². The first-order chi connectivity index (χ1) is 45.7. The number of hydrogen-bond acceptors (Lipinski definition) is 17. The van der Waals surface area contributed by atoms with Crippen LogP contribution in [0.3, 0.4) is 0 Å². The topological polar surface area (TPSA) is 278 Å². The van der Waals surface area contributed by atoms with Gasteiger partial charge in [-0.2, -0.15) is 25.4 Å². The molecule has 0 aliphatic heterocycles. The highest BCUT2D eigenvalue weighted by atomic mass is 15.2. The van der Waals surface area contributed by atoms with Crippen molar-refractivity contribution in [3.63, 3.8) is 0 Å². The number of para-hydroxylation sites is 4. The minimum atomic E-state index is 0.612. The summed E-state index contributed by atoms with van der Waals surface area (Å²) in [5, 5.41) is 47.9. The predicted molar refractivity (Wildman–Crippen MR) is 397 cm³/mol. The van der Waals surface area contributed by atoms with E-state index in [0.717, 1.165) is 119 Å². The molecule has 1 saturated carbocycles. The summed E-state index contributed by atoms with van der Waals surface area (Å²) in [4.78, 5) is 34.3. The van der Waals surface area contributed by atoms with E-state index in [1.54, 1.807) is 19.0 Å². The van der Waals surface area contributed by atoms with E-state index in [1.807, 2.05) is 267 Å². The Kier molecular flexibility index (Phi) is 43.4. The van der Waals surface area contributed by atoms with Gasteiger partial charge in [0, 0.05) is 75.1 Å². The molecule has 0 atom stereocenters. The van der Waals surface area contributed by atoms with Gasteiger partial charge >= 0.3 is 0 Å². The van der Waals surface area contributed by atoms with Crippen LogP contribution in [-0.2, 0) is 0 Å². The van der Waals surface area contributed by atoms with E-state index in [4.69, 9.17) is 0 Å². The van der Waals surface area contributed by atoms with Crippen molar-refractivity contribution in [3.8, 4) is 0 Å². The number of aryl methyl sites for hydroxylation is 4. The zero-order valence-electron chi connectivity index (χ0n) is 59.6. The van der Waals surface area contributed by atoms with Gasteiger partial charge in [-0.25, -0.2) is 34.9 Å². The minimum absolute atomic E-state index is 0.612. The maximum Gasteiger partial charge on any atom is 0.225 e. The number of nitrogens with zero attached hydrogens (tertiary/aromatic N) is 12. The molecule has 1 aliphatic carbocycles. The number of rotatable bonds is 10. The third kappa shape index (κ3) is 28.0. The first-order valence-corrected chi connectivity index (χ1v) is 33.5. The van der Waals surface area contributed by atoms with E-state index in [2.05, 4.69) is 107 Å². The molecular weight excluding hydrogens is 1160 g/mol. The number of anilines is 9. The highest BCUT2D eigenvalue weighted by Crippen LogP contribution is 2.27. The molecule has 8 heterocycles. The Morgan fingerprint density at radius 1 is 0.312 bits per heavy atom. The minimum Gasteiger partial charge on any atom is -0.354 e. The molecule has 0 amide bonds. The molecule has 12 aromatic rings. The molecule has 0 saturated heterocycles. The van der Waals surface area contributed by atoms with Crippen LogP contribution >= 0.6 is 0 Å². The highest BCUT2D eigenvalue weighted by molar-refractivity contribution is 5.93. The maximum absolute atomic E-state index is 4.51. The van der Waals surface area contributed by atoms with Crippen molar-refractivity contribution in [2.45, 2.75) is 184 Å². The van der Waals surface area contributed by atoms with Gasteiger partial charge in [0.15, 0.2) is 23.3 Å². The van der Waals surface area contributed by atoms with E-state index >= 15 is 0 Å². The van der Waals surface area contributed by atoms with Crippen molar-refractivity contribution in [2.75, 3.05) is 33.1 Å². The van der Waals surface area contributed by atoms with E-state index in [0.29, 0.717) is 5.95 Å². The zero-order chi connectivity index (χ0) is 69.2. The molecule has 93 heavy (non-hydrogen) atoms. The van der Waals surface area contributed by atoms with Gasteiger partial charge < -0.3 is 26.6 Å². The SMILES string of the molecule is C1CCCCC1.CC.CC.CC.CC.CC.CC.CC.CC.CCNc1nc(Nc2cc(C)[nH]n2)c2ccccc2n1.Cc1cc(Nc2ncnc3ccccc23)n[nH]1.Cc1cc(Nc2ncnc3ccccc23)n[nH]1.Cc1cc(Nc2ncnc3ccccc23)n[nH]1. The van der Waals surface area contributed by atoms with Crippen LogP contribution in [0.1, 0.15) is 179 Å². The summed E-state index contributed by atoms with van der Waals surface area (Å²) in [6, 6.07) is 39.2. The molecule has 1 fully saturated rings. The third-order valence-electron chi connectivity index (χ3n) is 11.9. The second-order valence-corrected chi connectivity index (χ2v) is 18.0. The Balaban J connectivity index is 0.000000562. The van der Waals surface area contributed by atoms with E-state index in [-0.39, 0.29) is 0 Å². The Bertz CT molecular complexity index is 3480. The van der Waals surface area contributed by atoms with Crippen molar-refractivity contribution in [2.24, 2.45) is 0 Å². The van der Waals surface area contributed by atoms with E-state index < -0.39 is 0 Å². The summed E-state index contributed by atoms with van der Waals surface area (Å²) in [6.45, 7) is 42.6. The summed E-state index contributed by atoms with van der Waals surface area (Å²) in [5.41, 5.74) is 7.65. The molecule has 21 nitrogen and oxygen atoms in total. The largest absolute Gasteiger partial charge is 0.354 e. The number of nitrogens with one attached hydrogen (secondary N) is 9. The Hall–Kier alpha value is -9.92. The molecular formula is C72H109N21. The molecule has 8 aromatic heterocycles. The summed E-state index contributed by atoms with van der Waals surface area (Å²) in [6.07, 6.45) is 13.6.